The third kappa shape index (κ3) is 2.78. The Kier molecular flexibility index (Phi) is 3.36. The smallest absolute Gasteiger partial charge is 0.225 e. The van der Waals surface area contributed by atoms with E-state index in [2.05, 4.69) is 0 Å². The molecule has 2 rings (SSSR count). The fourth-order valence-electron chi connectivity index (χ4n) is 2.16. The van der Waals surface area contributed by atoms with Crippen LogP contribution in [0.15, 0.2) is 24.3 Å². The van der Waals surface area contributed by atoms with Crippen molar-refractivity contribution in [2.45, 2.75) is 26.3 Å². The van der Waals surface area contributed by atoms with E-state index in [1.807, 2.05) is 38.2 Å². The van der Waals surface area contributed by atoms with Crippen LogP contribution >= 0.6 is 0 Å². The largest absolute Gasteiger partial charge is 0.398 e. The lowest BCUT2D eigenvalue weighted by molar-refractivity contribution is -0.134. The molecule has 1 atom stereocenters. The number of amides is 1. The molecule has 0 bridgehead atoms. The lowest BCUT2D eigenvalue weighted by atomic mass is 10.0. The van der Waals surface area contributed by atoms with Crippen LogP contribution in [0.4, 0.5) is 5.69 Å². The molecule has 0 heterocycles. The second-order valence-electron chi connectivity index (χ2n) is 5.02. The second-order valence-corrected chi connectivity index (χ2v) is 5.02. The Labute approximate surface area is 103 Å². The van der Waals surface area contributed by atoms with Crippen LogP contribution < -0.4 is 5.73 Å². The summed E-state index contributed by atoms with van der Waals surface area (Å²) in [6, 6.07) is 7.71. The van der Waals surface area contributed by atoms with Gasteiger partial charge < -0.3 is 10.6 Å². The monoisotopic (exact) mass is 232 g/mol. The fourth-order valence-corrected chi connectivity index (χ4v) is 2.16. The molecule has 17 heavy (non-hydrogen) atoms. The van der Waals surface area contributed by atoms with E-state index < -0.39 is 0 Å². The van der Waals surface area contributed by atoms with Crippen molar-refractivity contribution in [2.75, 3.05) is 12.8 Å². The van der Waals surface area contributed by atoms with Gasteiger partial charge in [0.2, 0.25) is 5.91 Å². The molecule has 0 saturated heterocycles. The molecule has 3 heteroatoms. The summed E-state index contributed by atoms with van der Waals surface area (Å²) in [5.41, 5.74) is 7.65. The van der Waals surface area contributed by atoms with E-state index in [0.29, 0.717) is 12.5 Å². The van der Waals surface area contributed by atoms with Crippen LogP contribution in [-0.4, -0.2) is 17.9 Å². The number of nitrogens with zero attached hydrogens (tertiary/aromatic N) is 1. The van der Waals surface area contributed by atoms with Crippen LogP contribution in [0.3, 0.4) is 0 Å². The van der Waals surface area contributed by atoms with Crippen molar-refractivity contribution in [3.05, 3.63) is 29.8 Å². The first-order valence-electron chi connectivity index (χ1n) is 6.18. The van der Waals surface area contributed by atoms with Gasteiger partial charge in [0.1, 0.15) is 0 Å². The molecule has 1 unspecified atom stereocenters. The molecule has 0 aromatic heterocycles. The van der Waals surface area contributed by atoms with Crippen molar-refractivity contribution in [1.82, 2.24) is 4.90 Å². The predicted octanol–water partition coefficient (Wildman–Crippen LogP) is 2.27. The molecule has 3 nitrogen and oxygen atoms in total. The van der Waals surface area contributed by atoms with E-state index in [-0.39, 0.29) is 11.8 Å². The topological polar surface area (TPSA) is 46.3 Å². The van der Waals surface area contributed by atoms with Crippen LogP contribution in [0, 0.1) is 11.8 Å². The molecular weight excluding hydrogens is 212 g/mol. The second kappa shape index (κ2) is 4.78. The van der Waals surface area contributed by atoms with Crippen LogP contribution in [0.25, 0.3) is 0 Å². The van der Waals surface area contributed by atoms with Crippen molar-refractivity contribution < 1.29 is 4.79 Å². The van der Waals surface area contributed by atoms with E-state index >= 15 is 0 Å². The normalized spacial score (nSPS) is 16.6. The SMILES string of the molecule is CC(C(=O)N(C)Cc1ccccc1N)C1CC1. The Balaban J connectivity index is 1.98. The average Bonchev–Trinajstić information content (AvgIpc) is 3.14. The molecule has 0 spiro atoms. The van der Waals surface area contributed by atoms with Gasteiger partial charge in [0.25, 0.3) is 0 Å². The van der Waals surface area contributed by atoms with Crippen molar-refractivity contribution in [1.29, 1.82) is 0 Å². The van der Waals surface area contributed by atoms with Gasteiger partial charge in [-0.05, 0) is 30.4 Å². The van der Waals surface area contributed by atoms with Gasteiger partial charge in [-0.2, -0.15) is 0 Å². The maximum absolute atomic E-state index is 12.1. The quantitative estimate of drug-likeness (QED) is 0.809. The number of nitrogens with two attached hydrogens (primary N) is 1. The first kappa shape index (κ1) is 12.0. The first-order valence-corrected chi connectivity index (χ1v) is 6.18. The summed E-state index contributed by atoms with van der Waals surface area (Å²) in [5.74, 6) is 0.999. The molecule has 1 aromatic carbocycles. The Morgan fingerprint density at radius 2 is 2.12 bits per heavy atom. The van der Waals surface area contributed by atoms with E-state index in [0.717, 1.165) is 11.3 Å². The molecule has 1 aliphatic rings. The third-order valence-corrected chi connectivity index (χ3v) is 3.56. The zero-order valence-corrected chi connectivity index (χ0v) is 10.5. The summed E-state index contributed by atoms with van der Waals surface area (Å²) < 4.78 is 0. The average molecular weight is 232 g/mol. The van der Waals surface area contributed by atoms with E-state index in [4.69, 9.17) is 5.73 Å². The molecule has 0 radical (unpaired) electrons. The molecule has 1 fully saturated rings. The number of rotatable bonds is 4. The van der Waals surface area contributed by atoms with Crippen molar-refractivity contribution in [2.24, 2.45) is 11.8 Å². The van der Waals surface area contributed by atoms with E-state index in [1.54, 1.807) is 4.90 Å². The molecular formula is C14H20N2O. The Morgan fingerprint density at radius 3 is 2.71 bits per heavy atom. The standard InChI is InChI=1S/C14H20N2O/c1-10(11-7-8-11)14(17)16(2)9-12-5-3-4-6-13(12)15/h3-6,10-11H,7-9,15H2,1-2H3. The van der Waals surface area contributed by atoms with Gasteiger partial charge >= 0.3 is 0 Å². The van der Waals surface area contributed by atoms with Crippen molar-refractivity contribution in [3.8, 4) is 0 Å². The van der Waals surface area contributed by atoms with Gasteiger partial charge in [-0.1, -0.05) is 25.1 Å². The third-order valence-electron chi connectivity index (χ3n) is 3.56. The minimum absolute atomic E-state index is 0.157. The number of hydrogen-bond acceptors (Lipinski definition) is 2. The fraction of sp³-hybridized carbons (Fsp3) is 0.500. The number of hydrogen-bond donors (Lipinski definition) is 1. The number of para-hydroxylation sites is 1. The number of nitrogen functional groups attached to an aromatic ring is 1. The van der Waals surface area contributed by atoms with Gasteiger partial charge in [0.15, 0.2) is 0 Å². The minimum Gasteiger partial charge on any atom is -0.398 e. The van der Waals surface area contributed by atoms with Crippen LogP contribution in [0.2, 0.25) is 0 Å². The van der Waals surface area contributed by atoms with Crippen molar-refractivity contribution in [3.63, 3.8) is 0 Å². The molecule has 1 amide bonds. The van der Waals surface area contributed by atoms with Gasteiger partial charge in [0.05, 0.1) is 0 Å². The molecule has 1 aromatic rings. The highest BCUT2D eigenvalue weighted by Gasteiger charge is 2.33. The van der Waals surface area contributed by atoms with Gasteiger partial charge in [0, 0.05) is 25.2 Å². The number of carbonyl (C=O) groups is 1. The van der Waals surface area contributed by atoms with Crippen LogP contribution in [-0.2, 0) is 11.3 Å². The first-order chi connectivity index (χ1) is 8.09. The lowest BCUT2D eigenvalue weighted by Crippen LogP contribution is -2.32. The minimum atomic E-state index is 0.157. The maximum Gasteiger partial charge on any atom is 0.225 e. The summed E-state index contributed by atoms with van der Waals surface area (Å²) in [4.78, 5) is 13.9. The van der Waals surface area contributed by atoms with Gasteiger partial charge in [-0.3, -0.25) is 4.79 Å². The Bertz CT molecular complexity index is 412. The highest BCUT2D eigenvalue weighted by atomic mass is 16.2. The number of benzene rings is 1. The van der Waals surface area contributed by atoms with Gasteiger partial charge in [-0.15, -0.1) is 0 Å². The van der Waals surface area contributed by atoms with E-state index in [9.17, 15) is 4.79 Å². The molecule has 92 valence electrons. The predicted molar refractivity (Wildman–Crippen MR) is 69.2 cm³/mol. The maximum atomic E-state index is 12.1. The van der Waals surface area contributed by atoms with Crippen LogP contribution in [0.1, 0.15) is 25.3 Å². The Hall–Kier alpha value is -1.51. The summed E-state index contributed by atoms with van der Waals surface area (Å²) in [7, 11) is 1.85. The number of anilines is 1. The van der Waals surface area contributed by atoms with E-state index in [1.165, 1.54) is 12.8 Å². The van der Waals surface area contributed by atoms with Gasteiger partial charge in [-0.25, -0.2) is 0 Å². The Morgan fingerprint density at radius 1 is 1.47 bits per heavy atom. The molecule has 0 aliphatic heterocycles. The molecule has 1 aliphatic carbocycles. The zero-order valence-electron chi connectivity index (χ0n) is 10.5. The highest BCUT2D eigenvalue weighted by molar-refractivity contribution is 5.79. The summed E-state index contributed by atoms with van der Waals surface area (Å²) in [6.45, 7) is 2.63. The highest BCUT2D eigenvalue weighted by Crippen LogP contribution is 2.37. The molecule has 2 N–H and O–H groups in total. The van der Waals surface area contributed by atoms with Crippen LogP contribution in [0.5, 0.6) is 0 Å². The molecule has 1 saturated carbocycles. The zero-order chi connectivity index (χ0) is 12.4. The lowest BCUT2D eigenvalue weighted by Gasteiger charge is -2.22. The van der Waals surface area contributed by atoms with Crippen molar-refractivity contribution >= 4 is 11.6 Å². The summed E-state index contributed by atoms with van der Waals surface area (Å²) in [5, 5.41) is 0. The summed E-state index contributed by atoms with van der Waals surface area (Å²) >= 11 is 0. The number of carbonyl (C=O) groups excluding carboxylic acids is 1. The summed E-state index contributed by atoms with van der Waals surface area (Å²) in [6.07, 6.45) is 2.41.